The lowest BCUT2D eigenvalue weighted by atomic mass is 10.1. The first-order valence-electron chi connectivity index (χ1n) is 7.85. The summed E-state index contributed by atoms with van der Waals surface area (Å²) in [5, 5.41) is 3.43. The third-order valence-corrected chi connectivity index (χ3v) is 3.69. The molecular weight excluding hydrogens is 286 g/mol. The molecule has 2 aromatic rings. The monoisotopic (exact) mass is 311 g/mol. The van der Waals surface area contributed by atoms with Crippen molar-refractivity contribution in [3.63, 3.8) is 0 Å². The lowest BCUT2D eigenvalue weighted by Gasteiger charge is -2.22. The predicted octanol–water partition coefficient (Wildman–Crippen LogP) is 2.85. The summed E-state index contributed by atoms with van der Waals surface area (Å²) in [7, 11) is 3.87. The number of hydrogen-bond donors (Lipinski definition) is 1. The molecule has 1 N–H and O–H groups in total. The minimum absolute atomic E-state index is 0.715. The highest BCUT2D eigenvalue weighted by Gasteiger charge is 2.07. The Morgan fingerprint density at radius 2 is 2.26 bits per heavy atom. The standard InChI is InChI=1S/C18H25N5/c1-4-5-8-12-22(3)18(19-2)21-14-16-9-6-7-10-17(16)23-13-11-20-15-23/h4,6-7,9-11,13,15H,1,5,8,12,14H2,2-3H3,(H,19,21). The molecule has 2 rings (SSSR count). The Bertz CT molecular complexity index is 631. The van der Waals surface area contributed by atoms with Crippen LogP contribution in [0.3, 0.4) is 0 Å². The molecular formula is C18H25N5. The largest absolute Gasteiger partial charge is 0.352 e. The van der Waals surface area contributed by atoms with Crippen molar-refractivity contribution < 1.29 is 0 Å². The van der Waals surface area contributed by atoms with Crippen LogP contribution >= 0.6 is 0 Å². The molecule has 0 amide bonds. The summed E-state index contributed by atoms with van der Waals surface area (Å²) in [6.07, 6.45) is 9.60. The molecule has 0 aliphatic heterocycles. The van der Waals surface area contributed by atoms with Crippen molar-refractivity contribution in [1.29, 1.82) is 0 Å². The van der Waals surface area contributed by atoms with Crippen molar-refractivity contribution in [2.45, 2.75) is 19.4 Å². The van der Waals surface area contributed by atoms with Gasteiger partial charge in [-0.3, -0.25) is 4.99 Å². The number of para-hydroxylation sites is 1. The SMILES string of the molecule is C=CCCCN(C)C(=NC)NCc1ccccc1-n1ccnc1. The van der Waals surface area contributed by atoms with Crippen LogP contribution in [-0.2, 0) is 6.54 Å². The van der Waals surface area contributed by atoms with Gasteiger partial charge in [-0.25, -0.2) is 4.98 Å². The van der Waals surface area contributed by atoms with Crippen molar-refractivity contribution in [3.8, 4) is 5.69 Å². The van der Waals surface area contributed by atoms with E-state index in [1.165, 1.54) is 5.56 Å². The van der Waals surface area contributed by atoms with E-state index >= 15 is 0 Å². The zero-order chi connectivity index (χ0) is 16.5. The summed E-state index contributed by atoms with van der Waals surface area (Å²) in [6.45, 7) is 5.43. The Morgan fingerprint density at radius 3 is 2.96 bits per heavy atom. The van der Waals surface area contributed by atoms with Crippen LogP contribution in [0.1, 0.15) is 18.4 Å². The molecule has 0 radical (unpaired) electrons. The third-order valence-electron chi connectivity index (χ3n) is 3.69. The number of imidazole rings is 1. The fourth-order valence-electron chi connectivity index (χ4n) is 2.45. The molecule has 1 aromatic carbocycles. The van der Waals surface area contributed by atoms with Crippen LogP contribution in [0.25, 0.3) is 5.69 Å². The molecule has 0 aliphatic rings. The molecule has 1 heterocycles. The molecule has 23 heavy (non-hydrogen) atoms. The molecule has 5 heteroatoms. The number of aliphatic imine (C=N–C) groups is 1. The first-order valence-corrected chi connectivity index (χ1v) is 7.85. The van der Waals surface area contributed by atoms with E-state index in [1.807, 2.05) is 42.3 Å². The average molecular weight is 311 g/mol. The zero-order valence-corrected chi connectivity index (χ0v) is 13.9. The lowest BCUT2D eigenvalue weighted by Crippen LogP contribution is -2.39. The van der Waals surface area contributed by atoms with Gasteiger partial charge in [0.25, 0.3) is 0 Å². The van der Waals surface area contributed by atoms with Crippen LogP contribution in [0.5, 0.6) is 0 Å². The van der Waals surface area contributed by atoms with Gasteiger partial charge in [-0.15, -0.1) is 6.58 Å². The predicted molar refractivity (Wildman–Crippen MR) is 95.8 cm³/mol. The van der Waals surface area contributed by atoms with Crippen LogP contribution in [0.15, 0.2) is 60.6 Å². The highest BCUT2D eigenvalue weighted by atomic mass is 15.3. The van der Waals surface area contributed by atoms with E-state index in [9.17, 15) is 0 Å². The van der Waals surface area contributed by atoms with Gasteiger partial charge in [-0.1, -0.05) is 24.3 Å². The van der Waals surface area contributed by atoms with Gasteiger partial charge in [-0.05, 0) is 24.5 Å². The molecule has 5 nitrogen and oxygen atoms in total. The summed E-state index contributed by atoms with van der Waals surface area (Å²) in [5.41, 5.74) is 2.33. The molecule has 0 spiro atoms. The van der Waals surface area contributed by atoms with Gasteiger partial charge in [0.05, 0.1) is 12.0 Å². The van der Waals surface area contributed by atoms with E-state index in [0.29, 0.717) is 6.54 Å². The van der Waals surface area contributed by atoms with Gasteiger partial charge in [0.1, 0.15) is 0 Å². The van der Waals surface area contributed by atoms with Crippen LogP contribution in [0.4, 0.5) is 0 Å². The minimum Gasteiger partial charge on any atom is -0.352 e. The number of rotatable bonds is 7. The first kappa shape index (κ1) is 16.8. The van der Waals surface area contributed by atoms with Gasteiger partial charge >= 0.3 is 0 Å². The second-order valence-corrected chi connectivity index (χ2v) is 5.35. The van der Waals surface area contributed by atoms with Crippen molar-refractivity contribution in [2.75, 3.05) is 20.6 Å². The van der Waals surface area contributed by atoms with E-state index in [4.69, 9.17) is 0 Å². The van der Waals surface area contributed by atoms with Gasteiger partial charge in [-0.2, -0.15) is 0 Å². The number of allylic oxidation sites excluding steroid dienone is 1. The number of benzene rings is 1. The second kappa shape index (κ2) is 8.78. The van der Waals surface area contributed by atoms with Gasteiger partial charge in [0, 0.05) is 39.6 Å². The molecule has 0 aliphatic carbocycles. The van der Waals surface area contributed by atoms with E-state index in [-0.39, 0.29) is 0 Å². The summed E-state index contributed by atoms with van der Waals surface area (Å²) >= 11 is 0. The molecule has 0 fully saturated rings. The molecule has 1 aromatic heterocycles. The molecule has 0 bridgehead atoms. The number of hydrogen-bond acceptors (Lipinski definition) is 2. The van der Waals surface area contributed by atoms with E-state index in [2.05, 4.69) is 46.0 Å². The van der Waals surface area contributed by atoms with Crippen LogP contribution < -0.4 is 5.32 Å². The lowest BCUT2D eigenvalue weighted by molar-refractivity contribution is 0.470. The number of aromatic nitrogens is 2. The van der Waals surface area contributed by atoms with Crippen LogP contribution in [0.2, 0.25) is 0 Å². The second-order valence-electron chi connectivity index (χ2n) is 5.35. The third kappa shape index (κ3) is 4.71. The Kier molecular flexibility index (Phi) is 6.41. The van der Waals surface area contributed by atoms with Crippen LogP contribution in [-0.4, -0.2) is 41.1 Å². The molecule has 0 unspecified atom stereocenters. The van der Waals surface area contributed by atoms with E-state index < -0.39 is 0 Å². The zero-order valence-electron chi connectivity index (χ0n) is 13.9. The highest BCUT2D eigenvalue weighted by Crippen LogP contribution is 2.13. The average Bonchev–Trinajstić information content (AvgIpc) is 3.10. The number of guanidine groups is 1. The smallest absolute Gasteiger partial charge is 0.193 e. The van der Waals surface area contributed by atoms with Crippen molar-refractivity contribution in [2.24, 2.45) is 4.99 Å². The number of nitrogens with zero attached hydrogens (tertiary/aromatic N) is 4. The van der Waals surface area contributed by atoms with Gasteiger partial charge in [0.15, 0.2) is 5.96 Å². The van der Waals surface area contributed by atoms with Crippen molar-refractivity contribution in [3.05, 3.63) is 61.2 Å². The van der Waals surface area contributed by atoms with Crippen molar-refractivity contribution in [1.82, 2.24) is 19.8 Å². The summed E-state index contributed by atoms with van der Waals surface area (Å²) in [4.78, 5) is 10.6. The van der Waals surface area contributed by atoms with Gasteiger partial charge < -0.3 is 14.8 Å². The normalized spacial score (nSPS) is 11.3. The Labute approximate surface area is 138 Å². The highest BCUT2D eigenvalue weighted by molar-refractivity contribution is 5.79. The summed E-state index contributed by atoms with van der Waals surface area (Å²) in [5.74, 6) is 0.898. The fraction of sp³-hybridized carbons (Fsp3) is 0.333. The Morgan fingerprint density at radius 1 is 1.43 bits per heavy atom. The van der Waals surface area contributed by atoms with E-state index in [1.54, 1.807) is 6.20 Å². The number of unbranched alkanes of at least 4 members (excludes halogenated alkanes) is 1. The molecule has 122 valence electrons. The minimum atomic E-state index is 0.715. The Hall–Kier alpha value is -2.56. The maximum absolute atomic E-state index is 4.36. The maximum Gasteiger partial charge on any atom is 0.193 e. The molecule has 0 atom stereocenters. The number of nitrogens with one attached hydrogen (secondary N) is 1. The maximum atomic E-state index is 4.36. The van der Waals surface area contributed by atoms with Crippen molar-refractivity contribution >= 4 is 5.96 Å². The summed E-state index contributed by atoms with van der Waals surface area (Å²) in [6, 6.07) is 8.30. The molecule has 0 saturated carbocycles. The van der Waals surface area contributed by atoms with Crippen LogP contribution in [0, 0.1) is 0 Å². The fourth-order valence-corrected chi connectivity index (χ4v) is 2.45. The first-order chi connectivity index (χ1) is 11.3. The topological polar surface area (TPSA) is 45.5 Å². The van der Waals surface area contributed by atoms with E-state index in [0.717, 1.165) is 31.0 Å². The summed E-state index contributed by atoms with van der Waals surface area (Å²) < 4.78 is 2.02. The molecule has 0 saturated heterocycles. The Balaban J connectivity index is 2.01. The quantitative estimate of drug-likeness (QED) is 0.370. The van der Waals surface area contributed by atoms with Gasteiger partial charge in [0.2, 0.25) is 0 Å².